The SMILES string of the molecule is CCO/C=C(/C#N)C(O)/C(=C\C(C)(C)C)Sc1ccccc1. The maximum Gasteiger partial charge on any atom is 0.123 e. The second kappa shape index (κ2) is 8.67. The first kappa shape index (κ1) is 18.3. The van der Waals surface area contributed by atoms with E-state index >= 15 is 0 Å². The summed E-state index contributed by atoms with van der Waals surface area (Å²) in [7, 11) is 0. The Morgan fingerprint density at radius 3 is 2.50 bits per heavy atom. The summed E-state index contributed by atoms with van der Waals surface area (Å²) in [5, 5.41) is 19.8. The molecule has 118 valence electrons. The molecule has 0 aliphatic rings. The van der Waals surface area contributed by atoms with Gasteiger partial charge in [-0.3, -0.25) is 0 Å². The van der Waals surface area contributed by atoms with Crippen molar-refractivity contribution in [2.75, 3.05) is 6.61 Å². The molecular weight excluding hydrogens is 294 g/mol. The van der Waals surface area contributed by atoms with Crippen molar-refractivity contribution in [3.63, 3.8) is 0 Å². The molecule has 0 amide bonds. The van der Waals surface area contributed by atoms with Gasteiger partial charge in [0.05, 0.1) is 18.4 Å². The van der Waals surface area contributed by atoms with Crippen molar-refractivity contribution in [1.29, 1.82) is 5.26 Å². The van der Waals surface area contributed by atoms with Crippen molar-refractivity contribution < 1.29 is 9.84 Å². The van der Waals surface area contributed by atoms with Crippen LogP contribution in [0.2, 0.25) is 0 Å². The van der Waals surface area contributed by atoms with Gasteiger partial charge >= 0.3 is 0 Å². The lowest BCUT2D eigenvalue weighted by molar-refractivity contribution is 0.233. The molecule has 4 heteroatoms. The zero-order chi connectivity index (χ0) is 16.6. The number of aliphatic hydroxyl groups excluding tert-OH is 1. The summed E-state index contributed by atoms with van der Waals surface area (Å²) in [5.41, 5.74) is 0.102. The van der Waals surface area contributed by atoms with E-state index < -0.39 is 6.10 Å². The highest BCUT2D eigenvalue weighted by atomic mass is 32.2. The van der Waals surface area contributed by atoms with Gasteiger partial charge in [-0.2, -0.15) is 5.26 Å². The zero-order valence-corrected chi connectivity index (χ0v) is 14.4. The molecule has 1 N–H and O–H groups in total. The number of thioether (sulfide) groups is 1. The predicted octanol–water partition coefficient (Wildman–Crippen LogP) is 4.51. The van der Waals surface area contributed by atoms with E-state index in [-0.39, 0.29) is 11.0 Å². The van der Waals surface area contributed by atoms with Crippen LogP contribution in [-0.4, -0.2) is 17.8 Å². The number of nitrogens with zero attached hydrogens (tertiary/aromatic N) is 1. The maximum absolute atomic E-state index is 10.6. The van der Waals surface area contributed by atoms with Crippen molar-refractivity contribution in [3.8, 4) is 6.07 Å². The molecule has 0 radical (unpaired) electrons. The molecule has 0 spiro atoms. The highest BCUT2D eigenvalue weighted by Gasteiger charge is 2.21. The van der Waals surface area contributed by atoms with E-state index in [1.807, 2.05) is 49.4 Å². The lowest BCUT2D eigenvalue weighted by Gasteiger charge is -2.20. The van der Waals surface area contributed by atoms with Gasteiger partial charge in [-0.1, -0.05) is 56.8 Å². The van der Waals surface area contributed by atoms with Gasteiger partial charge in [-0.05, 0) is 24.5 Å². The fourth-order valence-electron chi connectivity index (χ4n) is 1.69. The molecule has 0 fully saturated rings. The minimum atomic E-state index is -0.985. The van der Waals surface area contributed by atoms with Gasteiger partial charge in [-0.25, -0.2) is 0 Å². The number of ether oxygens (including phenoxy) is 1. The number of hydrogen-bond donors (Lipinski definition) is 1. The summed E-state index contributed by atoms with van der Waals surface area (Å²) in [6.45, 7) is 8.47. The third kappa shape index (κ3) is 6.38. The van der Waals surface area contributed by atoms with E-state index in [1.165, 1.54) is 18.0 Å². The summed E-state index contributed by atoms with van der Waals surface area (Å²) in [5.74, 6) is 0. The summed E-state index contributed by atoms with van der Waals surface area (Å²) in [6, 6.07) is 11.8. The number of rotatable bonds is 6. The standard InChI is InChI=1S/C18H23NO2S/c1-5-21-13-14(12-19)17(20)16(11-18(2,3)4)22-15-9-7-6-8-10-15/h6-11,13,17,20H,5H2,1-4H3/b14-13-,16-11+. The lowest BCUT2D eigenvalue weighted by atomic mass is 9.95. The van der Waals surface area contributed by atoms with E-state index in [4.69, 9.17) is 4.74 Å². The van der Waals surface area contributed by atoms with Crippen molar-refractivity contribution in [3.05, 3.63) is 53.1 Å². The van der Waals surface area contributed by atoms with Gasteiger partial charge in [0.2, 0.25) is 0 Å². The minimum absolute atomic E-state index is 0.107. The van der Waals surface area contributed by atoms with Crippen LogP contribution in [0.4, 0.5) is 0 Å². The number of benzene rings is 1. The van der Waals surface area contributed by atoms with Gasteiger partial charge < -0.3 is 9.84 Å². The van der Waals surface area contributed by atoms with Crippen LogP contribution in [0.3, 0.4) is 0 Å². The van der Waals surface area contributed by atoms with Crippen molar-refractivity contribution in [2.24, 2.45) is 5.41 Å². The predicted molar refractivity (Wildman–Crippen MR) is 91.2 cm³/mol. The van der Waals surface area contributed by atoms with Gasteiger partial charge in [0.25, 0.3) is 0 Å². The van der Waals surface area contributed by atoms with Crippen molar-refractivity contribution in [2.45, 2.75) is 38.7 Å². The van der Waals surface area contributed by atoms with Crippen LogP contribution in [0.5, 0.6) is 0 Å². The number of nitriles is 1. The van der Waals surface area contributed by atoms with Crippen LogP contribution in [0.15, 0.2) is 58.0 Å². The Bertz CT molecular complexity index is 565. The van der Waals surface area contributed by atoms with Gasteiger partial charge in [0, 0.05) is 9.80 Å². The summed E-state index contributed by atoms with van der Waals surface area (Å²) in [4.78, 5) is 1.75. The van der Waals surface area contributed by atoms with Crippen molar-refractivity contribution in [1.82, 2.24) is 0 Å². The van der Waals surface area contributed by atoms with E-state index in [1.54, 1.807) is 0 Å². The number of hydrogen-bond acceptors (Lipinski definition) is 4. The second-order valence-corrected chi connectivity index (χ2v) is 7.02. The molecule has 0 bridgehead atoms. The van der Waals surface area contributed by atoms with E-state index in [2.05, 4.69) is 20.8 Å². The molecule has 0 aromatic heterocycles. The molecule has 3 nitrogen and oxygen atoms in total. The molecule has 1 atom stereocenters. The van der Waals surface area contributed by atoms with Gasteiger partial charge in [0.1, 0.15) is 12.2 Å². The molecule has 22 heavy (non-hydrogen) atoms. The van der Waals surface area contributed by atoms with Crippen molar-refractivity contribution >= 4 is 11.8 Å². The molecular formula is C18H23NO2S. The minimum Gasteiger partial charge on any atom is -0.500 e. The quantitative estimate of drug-likeness (QED) is 0.476. The van der Waals surface area contributed by atoms with Crippen LogP contribution in [0.1, 0.15) is 27.7 Å². The second-order valence-electron chi connectivity index (χ2n) is 5.87. The first-order chi connectivity index (χ1) is 10.4. The number of aliphatic hydroxyl groups is 1. The Balaban J connectivity index is 3.10. The summed E-state index contributed by atoms with van der Waals surface area (Å²) in [6.07, 6.45) is 2.35. The number of allylic oxidation sites excluding steroid dienone is 1. The topological polar surface area (TPSA) is 53.2 Å². The van der Waals surface area contributed by atoms with Crippen LogP contribution in [0.25, 0.3) is 0 Å². The third-order valence-electron chi connectivity index (χ3n) is 2.62. The smallest absolute Gasteiger partial charge is 0.123 e. The fraction of sp³-hybridized carbons (Fsp3) is 0.389. The molecule has 1 aromatic rings. The molecule has 0 aliphatic heterocycles. The Hall–Kier alpha value is -1.70. The Morgan fingerprint density at radius 2 is 2.00 bits per heavy atom. The van der Waals surface area contributed by atoms with E-state index in [0.29, 0.717) is 6.61 Å². The van der Waals surface area contributed by atoms with E-state index in [9.17, 15) is 10.4 Å². The van der Waals surface area contributed by atoms with Gasteiger partial charge in [-0.15, -0.1) is 0 Å². The maximum atomic E-state index is 10.6. The highest BCUT2D eigenvalue weighted by molar-refractivity contribution is 8.03. The third-order valence-corrected chi connectivity index (χ3v) is 3.71. The van der Waals surface area contributed by atoms with Crippen LogP contribution >= 0.6 is 11.8 Å². The summed E-state index contributed by atoms with van der Waals surface area (Å²) >= 11 is 1.46. The first-order valence-corrected chi connectivity index (χ1v) is 8.04. The van der Waals surface area contributed by atoms with E-state index in [0.717, 1.165) is 9.80 Å². The van der Waals surface area contributed by atoms with Gasteiger partial charge in [0.15, 0.2) is 0 Å². The largest absolute Gasteiger partial charge is 0.500 e. The average Bonchev–Trinajstić information content (AvgIpc) is 2.47. The van der Waals surface area contributed by atoms with Crippen LogP contribution in [-0.2, 0) is 4.74 Å². The Labute approximate surface area is 137 Å². The first-order valence-electron chi connectivity index (χ1n) is 7.23. The Kier molecular flexibility index (Phi) is 7.23. The molecule has 1 unspecified atom stereocenters. The summed E-state index contributed by atoms with van der Waals surface area (Å²) < 4.78 is 5.16. The monoisotopic (exact) mass is 317 g/mol. The highest BCUT2D eigenvalue weighted by Crippen LogP contribution is 2.34. The average molecular weight is 317 g/mol. The molecule has 0 saturated carbocycles. The molecule has 0 aliphatic carbocycles. The zero-order valence-electron chi connectivity index (χ0n) is 13.5. The lowest BCUT2D eigenvalue weighted by Crippen LogP contribution is -2.14. The normalized spacial score (nSPS) is 14.4. The molecule has 1 aromatic carbocycles. The molecule has 1 rings (SSSR count). The van der Waals surface area contributed by atoms with Crippen LogP contribution in [0, 0.1) is 16.7 Å². The molecule has 0 heterocycles. The Morgan fingerprint density at radius 1 is 1.36 bits per heavy atom. The fourth-order valence-corrected chi connectivity index (χ4v) is 2.91. The molecule has 0 saturated heterocycles. The van der Waals surface area contributed by atoms with Crippen LogP contribution < -0.4 is 0 Å².